The van der Waals surface area contributed by atoms with Gasteiger partial charge in [0.15, 0.2) is 0 Å². The molecule has 0 amide bonds. The number of alkyl halides is 1. The average Bonchev–Trinajstić information content (AvgIpc) is 2.49. The number of ether oxygens (including phenoxy) is 2. The highest BCUT2D eigenvalue weighted by Gasteiger charge is 2.19. The highest BCUT2D eigenvalue weighted by Crippen LogP contribution is 2.42. The summed E-state index contributed by atoms with van der Waals surface area (Å²) in [5.41, 5.74) is 3.10. The summed E-state index contributed by atoms with van der Waals surface area (Å²) in [6.07, 6.45) is 0. The van der Waals surface area contributed by atoms with Gasteiger partial charge in [0.2, 0.25) is 0 Å². The van der Waals surface area contributed by atoms with E-state index in [0.717, 1.165) is 37.7 Å². The van der Waals surface area contributed by atoms with Crippen LogP contribution in [0.25, 0.3) is 0 Å². The van der Waals surface area contributed by atoms with E-state index in [0.29, 0.717) is 0 Å². The molecule has 0 aliphatic carbocycles. The third-order valence-electron chi connectivity index (χ3n) is 3.27. The van der Waals surface area contributed by atoms with E-state index in [9.17, 15) is 0 Å². The van der Waals surface area contributed by atoms with Crippen LogP contribution in [0.4, 0.5) is 0 Å². The Morgan fingerprint density at radius 2 is 1.71 bits per heavy atom. The molecule has 0 aromatic heterocycles. The standard InChI is InChI=1S/C16H15Br2ClO2/c1-9-4-5-10(6-13(9)19)16(18)11-7-15(21-3)12(17)8-14(11)20-2/h4-8,16H,1-3H3. The second kappa shape index (κ2) is 7.03. The third kappa shape index (κ3) is 3.55. The highest BCUT2D eigenvalue weighted by molar-refractivity contribution is 9.10. The molecule has 5 heteroatoms. The zero-order chi connectivity index (χ0) is 15.6. The van der Waals surface area contributed by atoms with Gasteiger partial charge < -0.3 is 9.47 Å². The predicted octanol–water partition coefficient (Wildman–Crippen LogP) is 5.91. The van der Waals surface area contributed by atoms with Crippen molar-refractivity contribution in [1.82, 2.24) is 0 Å². The van der Waals surface area contributed by atoms with Crippen LogP contribution in [0.3, 0.4) is 0 Å². The minimum atomic E-state index is -0.0347. The molecule has 0 saturated heterocycles. The fourth-order valence-corrected chi connectivity index (χ4v) is 3.34. The van der Waals surface area contributed by atoms with Gasteiger partial charge in [0.25, 0.3) is 0 Å². The Bertz CT molecular complexity index is 659. The van der Waals surface area contributed by atoms with Crippen LogP contribution in [-0.2, 0) is 0 Å². The molecule has 0 saturated carbocycles. The molecular formula is C16H15Br2ClO2. The van der Waals surface area contributed by atoms with Gasteiger partial charge in [-0.25, -0.2) is 0 Å². The molecule has 1 unspecified atom stereocenters. The minimum Gasteiger partial charge on any atom is -0.496 e. The molecule has 2 aromatic rings. The van der Waals surface area contributed by atoms with Gasteiger partial charge in [-0.15, -0.1) is 0 Å². The quantitative estimate of drug-likeness (QED) is 0.557. The molecule has 2 nitrogen and oxygen atoms in total. The Morgan fingerprint density at radius 1 is 1.05 bits per heavy atom. The van der Waals surface area contributed by atoms with Crippen LogP contribution < -0.4 is 9.47 Å². The van der Waals surface area contributed by atoms with Crippen molar-refractivity contribution >= 4 is 43.5 Å². The van der Waals surface area contributed by atoms with Gasteiger partial charge in [0, 0.05) is 10.6 Å². The van der Waals surface area contributed by atoms with Gasteiger partial charge >= 0.3 is 0 Å². The number of methoxy groups -OCH3 is 2. The van der Waals surface area contributed by atoms with Gasteiger partial charge in [0.1, 0.15) is 11.5 Å². The van der Waals surface area contributed by atoms with E-state index >= 15 is 0 Å². The monoisotopic (exact) mass is 432 g/mol. The van der Waals surface area contributed by atoms with E-state index in [4.69, 9.17) is 21.1 Å². The molecule has 0 spiro atoms. The minimum absolute atomic E-state index is 0.0347. The summed E-state index contributed by atoms with van der Waals surface area (Å²) in [5, 5.41) is 0.750. The van der Waals surface area contributed by atoms with Gasteiger partial charge in [-0.05, 0) is 52.2 Å². The van der Waals surface area contributed by atoms with Gasteiger partial charge in [-0.3, -0.25) is 0 Å². The van der Waals surface area contributed by atoms with Crippen molar-refractivity contribution in [2.45, 2.75) is 11.8 Å². The maximum absolute atomic E-state index is 6.22. The van der Waals surface area contributed by atoms with E-state index in [1.807, 2.05) is 31.2 Å². The van der Waals surface area contributed by atoms with Crippen molar-refractivity contribution in [2.24, 2.45) is 0 Å². The SMILES string of the molecule is COc1cc(C(Br)c2ccc(C)c(Cl)c2)c(OC)cc1Br. The third-order valence-corrected chi connectivity index (χ3v) is 5.31. The molecule has 0 N–H and O–H groups in total. The van der Waals surface area contributed by atoms with Crippen molar-refractivity contribution in [1.29, 1.82) is 0 Å². The van der Waals surface area contributed by atoms with Crippen molar-refractivity contribution in [2.75, 3.05) is 14.2 Å². The summed E-state index contributed by atoms with van der Waals surface area (Å²) >= 11 is 13.4. The smallest absolute Gasteiger partial charge is 0.133 e. The lowest BCUT2D eigenvalue weighted by Gasteiger charge is -2.17. The van der Waals surface area contributed by atoms with Crippen molar-refractivity contribution in [3.63, 3.8) is 0 Å². The number of hydrogen-bond donors (Lipinski definition) is 0. The first-order valence-electron chi connectivity index (χ1n) is 6.29. The van der Waals surface area contributed by atoms with Crippen molar-refractivity contribution < 1.29 is 9.47 Å². The average molecular weight is 435 g/mol. The second-order valence-electron chi connectivity index (χ2n) is 4.60. The number of benzene rings is 2. The normalized spacial score (nSPS) is 12.1. The van der Waals surface area contributed by atoms with Gasteiger partial charge in [-0.1, -0.05) is 39.7 Å². The Hall–Kier alpha value is -0.710. The van der Waals surface area contributed by atoms with Crippen LogP contribution in [0.15, 0.2) is 34.8 Å². The van der Waals surface area contributed by atoms with E-state index in [2.05, 4.69) is 37.9 Å². The Balaban J connectivity index is 2.50. The summed E-state index contributed by atoms with van der Waals surface area (Å²) in [7, 11) is 3.29. The maximum atomic E-state index is 6.22. The molecule has 0 fully saturated rings. The lowest BCUT2D eigenvalue weighted by molar-refractivity contribution is 0.397. The number of aryl methyl sites for hydroxylation is 1. The first kappa shape index (κ1) is 16.7. The van der Waals surface area contributed by atoms with Crippen LogP contribution >= 0.6 is 43.5 Å². The second-order valence-corrected chi connectivity index (χ2v) is 6.78. The van der Waals surface area contributed by atoms with Crippen molar-refractivity contribution in [3.8, 4) is 11.5 Å². The molecule has 21 heavy (non-hydrogen) atoms. The Kier molecular flexibility index (Phi) is 5.58. The van der Waals surface area contributed by atoms with Crippen LogP contribution in [0.1, 0.15) is 21.5 Å². The van der Waals surface area contributed by atoms with Crippen LogP contribution in [0, 0.1) is 6.92 Å². The molecule has 0 aliphatic rings. The molecule has 0 heterocycles. The summed E-state index contributed by atoms with van der Waals surface area (Å²) < 4.78 is 11.7. The van der Waals surface area contributed by atoms with Crippen LogP contribution in [0.5, 0.6) is 11.5 Å². The summed E-state index contributed by atoms with van der Waals surface area (Å²) in [6, 6.07) is 9.88. The van der Waals surface area contributed by atoms with E-state index < -0.39 is 0 Å². The first-order valence-corrected chi connectivity index (χ1v) is 8.38. The first-order chi connectivity index (χ1) is 9.97. The summed E-state index contributed by atoms with van der Waals surface area (Å²) in [6.45, 7) is 1.98. The maximum Gasteiger partial charge on any atom is 0.133 e. The zero-order valence-corrected chi connectivity index (χ0v) is 15.8. The molecule has 0 aliphatic heterocycles. The molecule has 0 radical (unpaired) electrons. The summed E-state index contributed by atoms with van der Waals surface area (Å²) in [4.78, 5) is -0.0347. The molecule has 0 bridgehead atoms. The molecule has 1 atom stereocenters. The Labute approximate surface area is 146 Å². The van der Waals surface area contributed by atoms with Gasteiger partial charge in [-0.2, -0.15) is 0 Å². The Morgan fingerprint density at radius 3 is 2.29 bits per heavy atom. The zero-order valence-electron chi connectivity index (χ0n) is 11.9. The van der Waals surface area contributed by atoms with E-state index in [1.54, 1.807) is 14.2 Å². The van der Waals surface area contributed by atoms with Crippen molar-refractivity contribution in [3.05, 3.63) is 56.5 Å². The fourth-order valence-electron chi connectivity index (χ4n) is 2.03. The molecule has 2 rings (SSSR count). The molecular weight excluding hydrogens is 419 g/mol. The topological polar surface area (TPSA) is 18.5 Å². The lowest BCUT2D eigenvalue weighted by Crippen LogP contribution is -1.99. The summed E-state index contributed by atoms with van der Waals surface area (Å²) in [5.74, 6) is 1.54. The number of hydrogen-bond acceptors (Lipinski definition) is 2. The van der Waals surface area contributed by atoms with E-state index in [1.165, 1.54) is 0 Å². The largest absolute Gasteiger partial charge is 0.496 e. The molecule has 2 aromatic carbocycles. The lowest BCUT2D eigenvalue weighted by atomic mass is 10.0. The highest BCUT2D eigenvalue weighted by atomic mass is 79.9. The molecule has 112 valence electrons. The van der Waals surface area contributed by atoms with Crippen LogP contribution in [-0.4, -0.2) is 14.2 Å². The van der Waals surface area contributed by atoms with Gasteiger partial charge in [0.05, 0.1) is 23.5 Å². The van der Waals surface area contributed by atoms with E-state index in [-0.39, 0.29) is 4.83 Å². The predicted molar refractivity (Wildman–Crippen MR) is 94.2 cm³/mol. The van der Waals surface area contributed by atoms with Crippen LogP contribution in [0.2, 0.25) is 5.02 Å². The number of halogens is 3. The number of rotatable bonds is 4. The fraction of sp³-hybridized carbons (Fsp3) is 0.250.